The summed E-state index contributed by atoms with van der Waals surface area (Å²) < 4.78 is 86.5. The molecule has 0 aliphatic carbocycles. The maximum atomic E-state index is 12.9. The quantitative estimate of drug-likeness (QED) is 0.0536. The number of carbonyl (C=O) groups is 2. The van der Waals surface area contributed by atoms with Crippen molar-refractivity contribution in [2.45, 2.75) is 39.4 Å². The molecule has 0 fully saturated rings. The van der Waals surface area contributed by atoms with Gasteiger partial charge in [0.2, 0.25) is 0 Å². The van der Waals surface area contributed by atoms with Crippen molar-refractivity contribution in [3.8, 4) is 0 Å². The summed E-state index contributed by atoms with van der Waals surface area (Å²) in [7, 11) is 5.03. The second kappa shape index (κ2) is 21.5. The lowest BCUT2D eigenvalue weighted by atomic mass is 10.0. The number of nitrogens with zero attached hydrogens (tertiary/aromatic N) is 4. The normalized spacial score (nSPS) is 12.5. The van der Waals surface area contributed by atoms with Crippen LogP contribution in [0.5, 0.6) is 0 Å². The van der Waals surface area contributed by atoms with Gasteiger partial charge in [0.1, 0.15) is 27.4 Å². The van der Waals surface area contributed by atoms with E-state index in [0.717, 1.165) is 24.3 Å². The standard InChI is InChI=1S/2C20H19F3N2O4/c2*1-13(14-8-6-9-16(11-14)20(21,22)23)24-29-12-15-7-4-5-10-17(15)18(25-28-3)19(26)27-2/h2*4-11H,12H2,1-3H3/b2*24-13+,25-18-. The molecule has 0 aliphatic rings. The van der Waals surface area contributed by atoms with Gasteiger partial charge in [-0.15, -0.1) is 0 Å². The number of carbonyl (C=O) groups excluding carboxylic acids is 2. The van der Waals surface area contributed by atoms with Crippen molar-refractivity contribution in [1.29, 1.82) is 0 Å². The largest absolute Gasteiger partial charge is 0.464 e. The zero-order valence-electron chi connectivity index (χ0n) is 32.0. The fourth-order valence-corrected chi connectivity index (χ4v) is 4.87. The Kier molecular flexibility index (Phi) is 17.0. The zero-order valence-corrected chi connectivity index (χ0v) is 32.0. The van der Waals surface area contributed by atoms with Crippen LogP contribution in [0.2, 0.25) is 0 Å². The molecule has 0 aromatic heterocycles. The first-order valence-electron chi connectivity index (χ1n) is 16.8. The highest BCUT2D eigenvalue weighted by atomic mass is 19.4. The lowest BCUT2D eigenvalue weighted by molar-refractivity contribution is -0.138. The second-order valence-corrected chi connectivity index (χ2v) is 11.6. The molecule has 0 atom stereocenters. The van der Waals surface area contributed by atoms with Crippen molar-refractivity contribution in [3.05, 3.63) is 142 Å². The van der Waals surface area contributed by atoms with Gasteiger partial charge in [0.05, 0.1) is 36.8 Å². The lowest BCUT2D eigenvalue weighted by Gasteiger charge is -2.10. The summed E-state index contributed by atoms with van der Waals surface area (Å²) in [4.78, 5) is 43.9. The van der Waals surface area contributed by atoms with E-state index in [1.54, 1.807) is 48.5 Å². The molecule has 12 nitrogen and oxygen atoms in total. The summed E-state index contributed by atoms with van der Waals surface area (Å²) >= 11 is 0. The third-order valence-electron chi connectivity index (χ3n) is 7.73. The molecular formula is C40H38F6N4O8. The molecule has 0 aliphatic heterocycles. The maximum Gasteiger partial charge on any atom is 0.416 e. The molecule has 0 bridgehead atoms. The number of esters is 2. The molecule has 4 aromatic rings. The highest BCUT2D eigenvalue weighted by Crippen LogP contribution is 2.31. The number of hydrogen-bond acceptors (Lipinski definition) is 12. The van der Waals surface area contributed by atoms with Crippen molar-refractivity contribution in [2.75, 3.05) is 28.4 Å². The SMILES string of the molecule is CO/N=C(\C(=O)OC)c1ccccc1CO/N=C(\C)c1cccc(C(F)(F)F)c1.CO/N=C(\C(=O)OC)c1ccccc1CO/N=C(\C)c1cccc(C(F)(F)F)c1. The van der Waals surface area contributed by atoms with Crippen molar-refractivity contribution < 1.29 is 64.8 Å². The molecule has 0 spiro atoms. The minimum absolute atomic E-state index is 0.0484. The number of rotatable bonds is 14. The Labute approximate surface area is 329 Å². The first kappa shape index (κ1) is 45.7. The number of hydrogen-bond donors (Lipinski definition) is 0. The van der Waals surface area contributed by atoms with Gasteiger partial charge < -0.3 is 28.8 Å². The summed E-state index contributed by atoms with van der Waals surface area (Å²) in [6, 6.07) is 23.1. The van der Waals surface area contributed by atoms with Crippen LogP contribution in [0.25, 0.3) is 0 Å². The molecule has 4 rings (SSSR count). The van der Waals surface area contributed by atoms with E-state index < -0.39 is 35.4 Å². The van der Waals surface area contributed by atoms with Crippen LogP contribution < -0.4 is 0 Å². The number of methoxy groups -OCH3 is 2. The summed E-state index contributed by atoms with van der Waals surface area (Å²) in [5.41, 5.74) is 1.44. The molecule has 0 N–H and O–H groups in total. The van der Waals surface area contributed by atoms with Gasteiger partial charge in [0.25, 0.3) is 0 Å². The van der Waals surface area contributed by atoms with E-state index in [4.69, 9.17) is 28.8 Å². The van der Waals surface area contributed by atoms with E-state index in [0.29, 0.717) is 22.3 Å². The predicted octanol–water partition coefficient (Wildman–Crippen LogP) is 8.34. The van der Waals surface area contributed by atoms with Crippen LogP contribution in [0.15, 0.2) is 118 Å². The Hall–Kier alpha value is -6.72. The molecule has 4 aromatic carbocycles. The summed E-state index contributed by atoms with van der Waals surface area (Å²) in [6.45, 7) is 2.97. The van der Waals surface area contributed by atoms with Crippen molar-refractivity contribution in [1.82, 2.24) is 0 Å². The third kappa shape index (κ3) is 13.2. The Morgan fingerprint density at radius 3 is 1.21 bits per heavy atom. The smallest absolute Gasteiger partial charge is 0.416 e. The van der Waals surface area contributed by atoms with Crippen LogP contribution in [-0.2, 0) is 64.0 Å². The third-order valence-corrected chi connectivity index (χ3v) is 7.73. The van der Waals surface area contributed by atoms with E-state index in [1.807, 2.05) is 0 Å². The Morgan fingerprint density at radius 1 is 0.517 bits per heavy atom. The van der Waals surface area contributed by atoms with E-state index in [1.165, 1.54) is 66.6 Å². The summed E-state index contributed by atoms with van der Waals surface area (Å²) in [5, 5.41) is 15.2. The lowest BCUT2D eigenvalue weighted by Crippen LogP contribution is -2.19. The van der Waals surface area contributed by atoms with Crippen LogP contribution in [0.3, 0.4) is 0 Å². The minimum atomic E-state index is -4.44. The Morgan fingerprint density at radius 2 is 0.879 bits per heavy atom. The summed E-state index contributed by atoms with van der Waals surface area (Å²) in [5.74, 6) is -1.38. The molecule has 0 heterocycles. The topological polar surface area (TPSA) is 139 Å². The Bertz CT molecular complexity index is 2000. The van der Waals surface area contributed by atoms with Crippen LogP contribution in [0.4, 0.5) is 26.3 Å². The highest BCUT2D eigenvalue weighted by molar-refractivity contribution is 6.44. The average molecular weight is 817 g/mol. The molecule has 0 saturated carbocycles. The minimum Gasteiger partial charge on any atom is -0.464 e. The molecule has 0 amide bonds. The van der Waals surface area contributed by atoms with Gasteiger partial charge in [-0.1, -0.05) is 93.4 Å². The molecule has 0 saturated heterocycles. The van der Waals surface area contributed by atoms with Crippen LogP contribution >= 0.6 is 0 Å². The maximum absolute atomic E-state index is 12.9. The van der Waals surface area contributed by atoms with Gasteiger partial charge in [0, 0.05) is 22.3 Å². The fourth-order valence-electron chi connectivity index (χ4n) is 4.87. The van der Waals surface area contributed by atoms with Gasteiger partial charge >= 0.3 is 24.3 Å². The van der Waals surface area contributed by atoms with Gasteiger partial charge in [-0.25, -0.2) is 9.59 Å². The molecule has 308 valence electrons. The van der Waals surface area contributed by atoms with E-state index in [-0.39, 0.29) is 47.2 Å². The first-order valence-corrected chi connectivity index (χ1v) is 16.8. The molecule has 18 heteroatoms. The molecular weight excluding hydrogens is 778 g/mol. The van der Waals surface area contributed by atoms with E-state index in [2.05, 4.69) is 20.6 Å². The van der Waals surface area contributed by atoms with E-state index in [9.17, 15) is 35.9 Å². The van der Waals surface area contributed by atoms with E-state index >= 15 is 0 Å². The highest BCUT2D eigenvalue weighted by Gasteiger charge is 2.31. The van der Waals surface area contributed by atoms with Gasteiger partial charge in [-0.3, -0.25) is 0 Å². The van der Waals surface area contributed by atoms with Gasteiger partial charge in [-0.2, -0.15) is 26.3 Å². The van der Waals surface area contributed by atoms with Crippen molar-refractivity contribution in [3.63, 3.8) is 0 Å². The molecule has 0 radical (unpaired) electrons. The summed E-state index contributed by atoms with van der Waals surface area (Å²) in [6.07, 6.45) is -8.89. The van der Waals surface area contributed by atoms with Gasteiger partial charge in [0.15, 0.2) is 11.4 Å². The monoisotopic (exact) mass is 816 g/mol. The molecule has 58 heavy (non-hydrogen) atoms. The number of halogens is 6. The van der Waals surface area contributed by atoms with Crippen LogP contribution in [0.1, 0.15) is 58.4 Å². The first-order chi connectivity index (χ1) is 27.5. The van der Waals surface area contributed by atoms with Gasteiger partial charge in [-0.05, 0) is 49.2 Å². The fraction of sp³-hybridized carbons (Fsp3) is 0.250. The number of oxime groups is 4. The molecule has 0 unspecified atom stereocenters. The number of alkyl halides is 6. The number of benzene rings is 4. The predicted molar refractivity (Wildman–Crippen MR) is 201 cm³/mol. The Balaban J connectivity index is 0.000000310. The number of ether oxygens (including phenoxy) is 2. The van der Waals surface area contributed by atoms with Crippen molar-refractivity contribution >= 4 is 34.8 Å². The zero-order chi connectivity index (χ0) is 42.9. The average Bonchev–Trinajstić information content (AvgIpc) is 3.21. The van der Waals surface area contributed by atoms with Crippen LogP contribution in [0, 0.1) is 0 Å². The van der Waals surface area contributed by atoms with Crippen LogP contribution in [-0.4, -0.2) is 63.2 Å². The second-order valence-electron chi connectivity index (χ2n) is 11.6. The van der Waals surface area contributed by atoms with Crippen molar-refractivity contribution in [2.24, 2.45) is 20.6 Å².